The number of carbonyl (C=O) groups excluding carboxylic acids is 2. The Morgan fingerprint density at radius 2 is 1.88 bits per heavy atom. The first kappa shape index (κ1) is 17.5. The van der Waals surface area contributed by atoms with E-state index >= 15 is 0 Å². The van der Waals surface area contributed by atoms with Crippen molar-refractivity contribution in [3.63, 3.8) is 0 Å². The van der Waals surface area contributed by atoms with E-state index in [4.69, 9.17) is 9.26 Å². The molecule has 0 unspecified atom stereocenters. The molecule has 2 amide bonds. The fraction of sp³-hybridized carbons (Fsp3) is 0.353. The maximum absolute atomic E-state index is 11.9. The van der Waals surface area contributed by atoms with Crippen LogP contribution in [0.1, 0.15) is 28.7 Å². The van der Waals surface area contributed by atoms with Gasteiger partial charge in [-0.05, 0) is 31.5 Å². The molecule has 0 radical (unpaired) electrons. The molecule has 0 aliphatic rings. The molecular weight excluding hydrogens is 310 g/mol. The number of rotatable bonds is 8. The zero-order valence-electron chi connectivity index (χ0n) is 13.8. The van der Waals surface area contributed by atoms with Gasteiger partial charge in [0.05, 0.1) is 13.0 Å². The molecule has 0 spiro atoms. The van der Waals surface area contributed by atoms with Gasteiger partial charge in [-0.1, -0.05) is 17.3 Å². The Balaban J connectivity index is 1.66. The molecule has 1 heterocycles. The van der Waals surface area contributed by atoms with Crippen molar-refractivity contribution in [2.75, 3.05) is 19.7 Å². The average Bonchev–Trinajstić information content (AvgIpc) is 3.00. The van der Waals surface area contributed by atoms with E-state index < -0.39 is 0 Å². The summed E-state index contributed by atoms with van der Waals surface area (Å²) in [5.74, 6) is 0.926. The number of nitrogens with zero attached hydrogens (tertiary/aromatic N) is 1. The lowest BCUT2D eigenvalue weighted by atomic mass is 10.1. The van der Waals surface area contributed by atoms with Gasteiger partial charge in [-0.25, -0.2) is 0 Å². The van der Waals surface area contributed by atoms with Gasteiger partial charge in [0, 0.05) is 19.2 Å². The molecule has 2 N–H and O–H groups in total. The van der Waals surface area contributed by atoms with Gasteiger partial charge in [0.15, 0.2) is 5.69 Å². The fourth-order valence-corrected chi connectivity index (χ4v) is 2.06. The van der Waals surface area contributed by atoms with Crippen LogP contribution in [0.5, 0.6) is 5.75 Å². The second-order valence-corrected chi connectivity index (χ2v) is 5.18. The molecular formula is C17H21N3O4. The van der Waals surface area contributed by atoms with Crippen molar-refractivity contribution < 1.29 is 18.8 Å². The number of aryl methyl sites for hydroxylation is 1. The Kier molecular flexibility index (Phi) is 6.36. The summed E-state index contributed by atoms with van der Waals surface area (Å²) in [5.41, 5.74) is 1.13. The smallest absolute Gasteiger partial charge is 0.273 e. The lowest BCUT2D eigenvalue weighted by Gasteiger charge is -2.07. The largest absolute Gasteiger partial charge is 0.494 e. The third-order valence-corrected chi connectivity index (χ3v) is 3.19. The highest BCUT2D eigenvalue weighted by atomic mass is 16.5. The Morgan fingerprint density at radius 3 is 2.50 bits per heavy atom. The number of benzene rings is 1. The summed E-state index contributed by atoms with van der Waals surface area (Å²) in [5, 5.41) is 9.04. The molecule has 2 aromatic rings. The van der Waals surface area contributed by atoms with E-state index in [-0.39, 0.29) is 23.9 Å². The van der Waals surface area contributed by atoms with Gasteiger partial charge in [-0.15, -0.1) is 0 Å². The number of carbonyl (C=O) groups is 2. The van der Waals surface area contributed by atoms with Gasteiger partial charge in [-0.2, -0.15) is 0 Å². The summed E-state index contributed by atoms with van der Waals surface area (Å²) in [6.45, 7) is 4.91. The second-order valence-electron chi connectivity index (χ2n) is 5.18. The molecule has 1 aromatic carbocycles. The van der Waals surface area contributed by atoms with Crippen LogP contribution in [0, 0.1) is 6.92 Å². The van der Waals surface area contributed by atoms with Gasteiger partial charge >= 0.3 is 0 Å². The molecule has 0 fully saturated rings. The SMILES string of the molecule is CCOc1ccc(CC(=O)NCCNC(=O)c2cc(C)on2)cc1. The first-order chi connectivity index (χ1) is 11.6. The van der Waals surface area contributed by atoms with Crippen molar-refractivity contribution in [2.45, 2.75) is 20.3 Å². The average molecular weight is 331 g/mol. The summed E-state index contributed by atoms with van der Waals surface area (Å²) in [6.07, 6.45) is 0.281. The van der Waals surface area contributed by atoms with Gasteiger partial charge in [0.1, 0.15) is 11.5 Å². The molecule has 1 aromatic heterocycles. The summed E-state index contributed by atoms with van der Waals surface area (Å²) in [6, 6.07) is 8.96. The zero-order chi connectivity index (χ0) is 17.4. The van der Waals surface area contributed by atoms with E-state index in [0.29, 0.717) is 25.5 Å². The third-order valence-electron chi connectivity index (χ3n) is 3.19. The van der Waals surface area contributed by atoms with Gasteiger partial charge in [0.2, 0.25) is 5.91 Å². The minimum Gasteiger partial charge on any atom is -0.494 e. The van der Waals surface area contributed by atoms with Crippen molar-refractivity contribution >= 4 is 11.8 Å². The van der Waals surface area contributed by atoms with Gasteiger partial charge in [0.25, 0.3) is 5.91 Å². The zero-order valence-corrected chi connectivity index (χ0v) is 13.8. The normalized spacial score (nSPS) is 10.2. The van der Waals surface area contributed by atoms with Crippen LogP contribution in [0.3, 0.4) is 0 Å². The highest BCUT2D eigenvalue weighted by molar-refractivity contribution is 5.92. The Labute approximate surface area is 140 Å². The number of hydrogen-bond donors (Lipinski definition) is 2. The van der Waals surface area contributed by atoms with Crippen LogP contribution in [-0.2, 0) is 11.2 Å². The molecule has 0 atom stereocenters. The van der Waals surface area contributed by atoms with Crippen LogP contribution in [0.4, 0.5) is 0 Å². The van der Waals surface area contributed by atoms with E-state index in [1.54, 1.807) is 13.0 Å². The summed E-state index contributed by atoms with van der Waals surface area (Å²) in [7, 11) is 0. The Morgan fingerprint density at radius 1 is 1.17 bits per heavy atom. The van der Waals surface area contributed by atoms with Crippen molar-refractivity contribution in [3.05, 3.63) is 47.3 Å². The van der Waals surface area contributed by atoms with Crippen LogP contribution in [0.15, 0.2) is 34.9 Å². The number of hydrogen-bond acceptors (Lipinski definition) is 5. The highest BCUT2D eigenvalue weighted by Gasteiger charge is 2.10. The first-order valence-corrected chi connectivity index (χ1v) is 7.78. The molecule has 0 saturated carbocycles. The number of nitrogens with one attached hydrogen (secondary N) is 2. The molecule has 7 nitrogen and oxygen atoms in total. The molecule has 2 rings (SSSR count). The molecule has 0 aliphatic carbocycles. The second kappa shape index (κ2) is 8.71. The molecule has 0 aliphatic heterocycles. The van der Waals surface area contributed by atoms with Crippen molar-refractivity contribution in [1.29, 1.82) is 0 Å². The Bertz CT molecular complexity index is 679. The van der Waals surface area contributed by atoms with E-state index in [0.717, 1.165) is 11.3 Å². The standard InChI is InChI=1S/C17H21N3O4/c1-3-23-14-6-4-13(5-7-14)11-16(21)18-8-9-19-17(22)15-10-12(2)24-20-15/h4-7,10H,3,8-9,11H2,1-2H3,(H,18,21)(H,19,22). The van der Waals surface area contributed by atoms with Crippen LogP contribution in [0.2, 0.25) is 0 Å². The van der Waals surface area contributed by atoms with Crippen molar-refractivity contribution in [3.8, 4) is 5.75 Å². The van der Waals surface area contributed by atoms with Crippen molar-refractivity contribution in [2.24, 2.45) is 0 Å². The first-order valence-electron chi connectivity index (χ1n) is 7.78. The van der Waals surface area contributed by atoms with E-state index in [2.05, 4.69) is 15.8 Å². The molecule has 7 heteroatoms. The highest BCUT2D eigenvalue weighted by Crippen LogP contribution is 2.12. The topological polar surface area (TPSA) is 93.5 Å². The van der Waals surface area contributed by atoms with Crippen LogP contribution in [0.25, 0.3) is 0 Å². The van der Waals surface area contributed by atoms with Crippen LogP contribution in [-0.4, -0.2) is 36.7 Å². The lowest BCUT2D eigenvalue weighted by Crippen LogP contribution is -2.35. The Hall–Kier alpha value is -2.83. The fourth-order valence-electron chi connectivity index (χ4n) is 2.06. The summed E-state index contributed by atoms with van der Waals surface area (Å²) in [4.78, 5) is 23.6. The predicted molar refractivity (Wildman–Crippen MR) is 87.9 cm³/mol. The number of amides is 2. The molecule has 24 heavy (non-hydrogen) atoms. The third kappa shape index (κ3) is 5.42. The predicted octanol–water partition coefficient (Wildman–Crippen LogP) is 1.47. The molecule has 0 saturated heterocycles. The quantitative estimate of drug-likeness (QED) is 0.715. The van der Waals surface area contributed by atoms with E-state index in [9.17, 15) is 9.59 Å². The number of aromatic nitrogens is 1. The van der Waals surface area contributed by atoms with Gasteiger partial charge < -0.3 is 19.9 Å². The maximum atomic E-state index is 11.9. The van der Waals surface area contributed by atoms with E-state index in [1.807, 2.05) is 31.2 Å². The lowest BCUT2D eigenvalue weighted by molar-refractivity contribution is -0.120. The van der Waals surface area contributed by atoms with Crippen LogP contribution < -0.4 is 15.4 Å². The van der Waals surface area contributed by atoms with Crippen molar-refractivity contribution in [1.82, 2.24) is 15.8 Å². The minimum atomic E-state index is -0.326. The summed E-state index contributed by atoms with van der Waals surface area (Å²) >= 11 is 0. The molecule has 0 bridgehead atoms. The van der Waals surface area contributed by atoms with Crippen LogP contribution >= 0.6 is 0 Å². The molecule has 128 valence electrons. The van der Waals surface area contributed by atoms with E-state index in [1.165, 1.54) is 0 Å². The monoisotopic (exact) mass is 331 g/mol. The van der Waals surface area contributed by atoms with Gasteiger partial charge in [-0.3, -0.25) is 9.59 Å². The minimum absolute atomic E-state index is 0.106. The number of ether oxygens (including phenoxy) is 1. The summed E-state index contributed by atoms with van der Waals surface area (Å²) < 4.78 is 10.2. The maximum Gasteiger partial charge on any atom is 0.273 e.